The second-order valence-electron chi connectivity index (χ2n) is 3.49. The Hall–Kier alpha value is -1.83. The summed E-state index contributed by atoms with van der Waals surface area (Å²) in [5.41, 5.74) is -1.50. The number of halogens is 4. The van der Waals surface area contributed by atoms with Crippen LogP contribution >= 0.6 is 0 Å². The number of benzene rings is 1. The second-order valence-corrected chi connectivity index (χ2v) is 3.49. The number of hydrogen-bond acceptors (Lipinski definition) is 3. The van der Waals surface area contributed by atoms with Crippen LogP contribution in [0.3, 0.4) is 0 Å². The lowest BCUT2D eigenvalue weighted by atomic mass is 10.2. The summed E-state index contributed by atoms with van der Waals surface area (Å²) in [6.45, 7) is -2.65. The van der Waals surface area contributed by atoms with Gasteiger partial charge in [-0.05, 0) is 12.1 Å². The minimum atomic E-state index is -3.54. The second kappa shape index (κ2) is 5.21. The molecule has 0 radical (unpaired) electrons. The normalized spacial score (nSPS) is 11.4. The first-order chi connectivity index (χ1) is 8.26. The molecule has 0 saturated heterocycles. The summed E-state index contributed by atoms with van der Waals surface area (Å²) >= 11 is 0. The fourth-order valence-electron chi connectivity index (χ4n) is 1.14. The van der Waals surface area contributed by atoms with Crippen molar-refractivity contribution in [1.29, 1.82) is 0 Å². The van der Waals surface area contributed by atoms with E-state index in [0.29, 0.717) is 12.1 Å². The Kier molecular flexibility index (Phi) is 4.12. The summed E-state index contributed by atoms with van der Waals surface area (Å²) in [5, 5.41) is 18.6. The minimum absolute atomic E-state index is 0.505. The van der Waals surface area contributed by atoms with E-state index in [-0.39, 0.29) is 0 Å². The van der Waals surface area contributed by atoms with E-state index in [0.717, 1.165) is 0 Å². The van der Waals surface area contributed by atoms with Crippen LogP contribution < -0.4 is 5.32 Å². The Morgan fingerprint density at radius 1 is 1.28 bits per heavy atom. The van der Waals surface area contributed by atoms with Crippen LogP contribution in [0.5, 0.6) is 0 Å². The molecule has 0 aliphatic heterocycles. The highest BCUT2D eigenvalue weighted by atomic mass is 19.3. The van der Waals surface area contributed by atoms with E-state index >= 15 is 0 Å². The number of alkyl halides is 2. The van der Waals surface area contributed by atoms with E-state index < -0.39 is 47.9 Å². The van der Waals surface area contributed by atoms with Gasteiger partial charge in [0.1, 0.15) is 23.9 Å². The van der Waals surface area contributed by atoms with E-state index in [9.17, 15) is 22.4 Å². The highest BCUT2D eigenvalue weighted by Gasteiger charge is 2.28. The first-order valence-corrected chi connectivity index (χ1v) is 4.72. The number of carboxylic acids is 1. The molecule has 100 valence electrons. The van der Waals surface area contributed by atoms with Gasteiger partial charge in [0, 0.05) is 0 Å². The molecule has 8 heteroatoms. The van der Waals surface area contributed by atoms with Crippen LogP contribution in [-0.2, 0) is 0 Å². The van der Waals surface area contributed by atoms with Crippen molar-refractivity contribution in [3.63, 3.8) is 0 Å². The third kappa shape index (κ3) is 3.33. The molecule has 0 saturated carbocycles. The Bertz CT molecular complexity index is 441. The highest BCUT2D eigenvalue weighted by molar-refractivity contribution is 5.88. The van der Waals surface area contributed by atoms with Crippen LogP contribution in [0.4, 0.5) is 23.2 Å². The van der Waals surface area contributed by atoms with Crippen molar-refractivity contribution in [3.05, 3.63) is 29.3 Å². The number of rotatable bonds is 5. The lowest BCUT2D eigenvalue weighted by Gasteiger charge is -2.15. The van der Waals surface area contributed by atoms with Gasteiger partial charge in [-0.1, -0.05) is 0 Å². The topological polar surface area (TPSA) is 69.6 Å². The Morgan fingerprint density at radius 2 is 1.78 bits per heavy atom. The maximum atomic E-state index is 13.3. The van der Waals surface area contributed by atoms with E-state index in [1.807, 2.05) is 0 Å². The SMILES string of the molecule is O=C(O)c1cc(F)c(NCC(F)(F)CO)c(F)c1. The van der Waals surface area contributed by atoms with Crippen LogP contribution in [0.1, 0.15) is 10.4 Å². The molecule has 1 aromatic rings. The summed E-state index contributed by atoms with van der Waals surface area (Å²) in [6, 6.07) is 1.01. The van der Waals surface area contributed by atoms with Gasteiger partial charge in [-0.25, -0.2) is 22.4 Å². The van der Waals surface area contributed by atoms with Gasteiger partial charge in [0.25, 0.3) is 5.92 Å². The molecule has 0 aromatic heterocycles. The number of anilines is 1. The molecule has 1 rings (SSSR count). The van der Waals surface area contributed by atoms with Crippen LogP contribution in [0, 0.1) is 11.6 Å². The molecule has 3 N–H and O–H groups in total. The number of hydrogen-bond donors (Lipinski definition) is 3. The Labute approximate surface area is 98.9 Å². The van der Waals surface area contributed by atoms with Gasteiger partial charge in [0.15, 0.2) is 0 Å². The highest BCUT2D eigenvalue weighted by Crippen LogP contribution is 2.22. The van der Waals surface area contributed by atoms with Gasteiger partial charge in [-0.3, -0.25) is 0 Å². The molecule has 18 heavy (non-hydrogen) atoms. The van der Waals surface area contributed by atoms with Crippen LogP contribution in [0.15, 0.2) is 12.1 Å². The molecule has 0 heterocycles. The van der Waals surface area contributed by atoms with Crippen molar-refractivity contribution in [2.45, 2.75) is 5.92 Å². The molecule has 1 aromatic carbocycles. The minimum Gasteiger partial charge on any atom is -0.478 e. The number of nitrogens with one attached hydrogen (secondary N) is 1. The third-order valence-electron chi connectivity index (χ3n) is 2.04. The lowest BCUT2D eigenvalue weighted by Crippen LogP contribution is -2.31. The van der Waals surface area contributed by atoms with E-state index in [1.54, 1.807) is 5.32 Å². The van der Waals surface area contributed by atoms with Gasteiger partial charge in [0.05, 0.1) is 12.1 Å². The molecule has 0 bridgehead atoms. The molecule has 0 spiro atoms. The predicted octanol–water partition coefficient (Wildman–Crippen LogP) is 1.70. The molecule has 0 amide bonds. The van der Waals surface area contributed by atoms with E-state index in [1.165, 1.54) is 0 Å². The number of carbonyl (C=O) groups is 1. The predicted molar refractivity (Wildman–Crippen MR) is 53.8 cm³/mol. The van der Waals surface area contributed by atoms with Gasteiger partial charge >= 0.3 is 5.97 Å². The van der Waals surface area contributed by atoms with Crippen molar-refractivity contribution in [1.82, 2.24) is 0 Å². The van der Waals surface area contributed by atoms with E-state index in [4.69, 9.17) is 10.2 Å². The zero-order valence-electron chi connectivity index (χ0n) is 8.88. The molecule has 0 aliphatic carbocycles. The van der Waals surface area contributed by atoms with Gasteiger partial charge < -0.3 is 15.5 Å². The van der Waals surface area contributed by atoms with Crippen molar-refractivity contribution in [2.75, 3.05) is 18.5 Å². The molecular formula is C10H9F4NO3. The van der Waals surface area contributed by atoms with Crippen molar-refractivity contribution >= 4 is 11.7 Å². The Balaban J connectivity index is 2.94. The van der Waals surface area contributed by atoms with Crippen molar-refractivity contribution < 1.29 is 32.6 Å². The standard InChI is InChI=1S/C10H9F4NO3/c11-6-1-5(9(17)18)2-7(12)8(6)15-3-10(13,14)4-16/h1-2,15-16H,3-4H2,(H,17,18). The first-order valence-electron chi connectivity index (χ1n) is 4.72. The molecule has 0 aliphatic rings. The molecular weight excluding hydrogens is 258 g/mol. The smallest absolute Gasteiger partial charge is 0.335 e. The summed E-state index contributed by atoms with van der Waals surface area (Å²) in [4.78, 5) is 10.5. The summed E-state index contributed by atoms with van der Waals surface area (Å²) < 4.78 is 51.9. The van der Waals surface area contributed by atoms with Gasteiger partial charge in [-0.2, -0.15) is 0 Å². The largest absolute Gasteiger partial charge is 0.478 e. The van der Waals surface area contributed by atoms with Crippen LogP contribution in [0.25, 0.3) is 0 Å². The quantitative estimate of drug-likeness (QED) is 0.710. The maximum absolute atomic E-state index is 13.3. The number of aromatic carboxylic acids is 1. The summed E-state index contributed by atoms with van der Waals surface area (Å²) in [6.07, 6.45) is 0. The number of aliphatic hydroxyl groups excluding tert-OH is 1. The summed E-state index contributed by atoms with van der Waals surface area (Å²) in [7, 11) is 0. The molecule has 0 fully saturated rings. The molecule has 0 unspecified atom stereocenters. The maximum Gasteiger partial charge on any atom is 0.335 e. The molecule has 4 nitrogen and oxygen atoms in total. The third-order valence-corrected chi connectivity index (χ3v) is 2.04. The van der Waals surface area contributed by atoms with Crippen molar-refractivity contribution in [3.8, 4) is 0 Å². The monoisotopic (exact) mass is 267 g/mol. The average molecular weight is 267 g/mol. The van der Waals surface area contributed by atoms with Crippen LogP contribution in [-0.4, -0.2) is 35.3 Å². The van der Waals surface area contributed by atoms with E-state index in [2.05, 4.69) is 0 Å². The Morgan fingerprint density at radius 3 is 2.17 bits per heavy atom. The zero-order chi connectivity index (χ0) is 13.9. The fraction of sp³-hybridized carbons (Fsp3) is 0.300. The fourth-order valence-corrected chi connectivity index (χ4v) is 1.14. The van der Waals surface area contributed by atoms with Crippen LogP contribution in [0.2, 0.25) is 0 Å². The van der Waals surface area contributed by atoms with Gasteiger partial charge in [0.2, 0.25) is 0 Å². The number of aliphatic hydroxyl groups is 1. The summed E-state index contributed by atoms with van der Waals surface area (Å²) in [5.74, 6) is -7.69. The first kappa shape index (κ1) is 14.2. The average Bonchev–Trinajstić information content (AvgIpc) is 2.27. The zero-order valence-corrected chi connectivity index (χ0v) is 8.88. The number of carboxylic acid groups (broad SMARTS) is 1. The van der Waals surface area contributed by atoms with Crippen molar-refractivity contribution in [2.24, 2.45) is 0 Å². The molecule has 0 atom stereocenters. The van der Waals surface area contributed by atoms with Gasteiger partial charge in [-0.15, -0.1) is 0 Å². The lowest BCUT2D eigenvalue weighted by molar-refractivity contribution is -0.0373.